The van der Waals surface area contributed by atoms with Gasteiger partial charge in [0.2, 0.25) is 5.79 Å². The Balaban J connectivity index is 1.31. The number of hydrogen-bond donors (Lipinski definition) is 0. The predicted molar refractivity (Wildman–Crippen MR) is 103 cm³/mol. The molecule has 2 heterocycles. The van der Waals surface area contributed by atoms with Crippen LogP contribution in [0.1, 0.15) is 51.5 Å². The van der Waals surface area contributed by atoms with Gasteiger partial charge < -0.3 is 14.2 Å². The second kappa shape index (κ2) is 8.58. The smallest absolute Gasteiger partial charge is 0.305 e. The summed E-state index contributed by atoms with van der Waals surface area (Å²) in [6.07, 6.45) is 5.80. The van der Waals surface area contributed by atoms with Crippen LogP contribution in [-0.4, -0.2) is 29.4 Å². The number of ether oxygens (including phenoxy) is 3. The van der Waals surface area contributed by atoms with Crippen LogP contribution < -0.4 is 9.47 Å². The zero-order valence-electron chi connectivity index (χ0n) is 14.9. The molecule has 6 heteroatoms. The first-order chi connectivity index (χ1) is 12.0. The molecule has 25 heavy (non-hydrogen) atoms. The second-order valence-corrected chi connectivity index (χ2v) is 9.72. The lowest BCUT2D eigenvalue weighted by molar-refractivity contribution is -0.143. The molecule has 0 bridgehead atoms. The molecular weight excluding hydrogens is 356 g/mol. The van der Waals surface area contributed by atoms with Crippen LogP contribution in [0, 0.1) is 0 Å². The zero-order valence-corrected chi connectivity index (χ0v) is 16.5. The van der Waals surface area contributed by atoms with Gasteiger partial charge in [0, 0.05) is 37.7 Å². The maximum atomic E-state index is 11.8. The highest BCUT2D eigenvalue weighted by atomic mass is 33.1. The maximum absolute atomic E-state index is 11.8. The lowest BCUT2D eigenvalue weighted by Crippen LogP contribution is -2.29. The molecule has 4 nitrogen and oxygen atoms in total. The molecule has 0 N–H and O–H groups in total. The van der Waals surface area contributed by atoms with Crippen molar-refractivity contribution < 1.29 is 19.0 Å². The van der Waals surface area contributed by atoms with Gasteiger partial charge in [0.25, 0.3) is 0 Å². The monoisotopic (exact) mass is 382 g/mol. The summed E-state index contributed by atoms with van der Waals surface area (Å²) in [5.41, 5.74) is 1.09. The highest BCUT2D eigenvalue weighted by molar-refractivity contribution is 8.77. The molecule has 1 aromatic carbocycles. The van der Waals surface area contributed by atoms with Crippen LogP contribution >= 0.6 is 21.6 Å². The third-order valence-corrected chi connectivity index (χ3v) is 7.26. The summed E-state index contributed by atoms with van der Waals surface area (Å²) in [4.78, 5) is 11.8. The van der Waals surface area contributed by atoms with E-state index in [4.69, 9.17) is 14.2 Å². The number of unbranched alkanes of at least 4 members (excludes halogenated alkanes) is 1. The lowest BCUT2D eigenvalue weighted by atomic mass is 10.1. The molecule has 1 aromatic rings. The first-order valence-electron chi connectivity index (χ1n) is 8.97. The Hall–Kier alpha value is -1.01. The van der Waals surface area contributed by atoms with E-state index in [1.165, 1.54) is 18.6 Å². The molecule has 0 spiro atoms. The normalized spacial score (nSPS) is 20.6. The van der Waals surface area contributed by atoms with E-state index in [1.54, 1.807) is 0 Å². The number of carbonyl (C=O) groups excluding carboxylic acids is 1. The Kier molecular flexibility index (Phi) is 6.44. The van der Waals surface area contributed by atoms with Gasteiger partial charge in [-0.1, -0.05) is 34.1 Å². The average Bonchev–Trinajstić information content (AvgIpc) is 3.17. The molecule has 0 saturated carbocycles. The van der Waals surface area contributed by atoms with Crippen molar-refractivity contribution in [2.75, 3.05) is 12.4 Å². The molecule has 1 saturated heterocycles. The van der Waals surface area contributed by atoms with Gasteiger partial charge in [-0.2, -0.15) is 0 Å². The third-order valence-electron chi connectivity index (χ3n) is 4.26. The first kappa shape index (κ1) is 18.8. The minimum Gasteiger partial charge on any atom is -0.465 e. The largest absolute Gasteiger partial charge is 0.465 e. The van der Waals surface area contributed by atoms with Gasteiger partial charge >= 0.3 is 5.97 Å². The molecule has 2 aliphatic rings. The molecule has 0 aromatic heterocycles. The van der Waals surface area contributed by atoms with Crippen molar-refractivity contribution >= 4 is 27.6 Å². The van der Waals surface area contributed by atoms with E-state index in [2.05, 4.69) is 0 Å². The van der Waals surface area contributed by atoms with Crippen LogP contribution in [0.25, 0.3) is 0 Å². The Morgan fingerprint density at radius 2 is 2.12 bits per heavy atom. The van der Waals surface area contributed by atoms with E-state index in [1.807, 2.05) is 53.6 Å². The lowest BCUT2D eigenvalue weighted by Gasteiger charge is -2.16. The SMILES string of the molecule is CC1(C)Oc2ccc(CCOC(=O)CCCCC3CCSS3)cc2O1. The number of carbonyl (C=O) groups is 1. The Morgan fingerprint density at radius 3 is 2.92 bits per heavy atom. The number of fused-ring (bicyclic) bond motifs is 1. The van der Waals surface area contributed by atoms with Gasteiger partial charge in [0.15, 0.2) is 11.5 Å². The summed E-state index contributed by atoms with van der Waals surface area (Å²) in [7, 11) is 3.97. The van der Waals surface area contributed by atoms with Crippen molar-refractivity contribution in [2.45, 2.75) is 63.4 Å². The second-order valence-electron chi connectivity index (χ2n) is 6.93. The molecule has 3 rings (SSSR count). The summed E-state index contributed by atoms with van der Waals surface area (Å²) >= 11 is 0. The van der Waals surface area contributed by atoms with E-state index < -0.39 is 5.79 Å². The number of hydrogen-bond acceptors (Lipinski definition) is 6. The zero-order chi connectivity index (χ0) is 17.7. The molecule has 1 unspecified atom stereocenters. The van der Waals surface area contributed by atoms with E-state index >= 15 is 0 Å². The number of esters is 1. The standard InChI is InChI=1S/C19H26O4S2/c1-19(2)22-16-8-7-14(13-17(16)23-19)9-11-21-18(20)6-4-3-5-15-10-12-24-25-15/h7-8,13,15H,3-6,9-12H2,1-2H3. The quantitative estimate of drug-likeness (QED) is 0.358. The molecule has 1 fully saturated rings. The van der Waals surface area contributed by atoms with E-state index in [-0.39, 0.29) is 5.97 Å². The highest BCUT2D eigenvalue weighted by Crippen LogP contribution is 2.40. The molecule has 0 aliphatic carbocycles. The third kappa shape index (κ3) is 5.74. The molecule has 0 amide bonds. The van der Waals surface area contributed by atoms with Crippen LogP contribution in [0.2, 0.25) is 0 Å². The molecular formula is C19H26O4S2. The van der Waals surface area contributed by atoms with Crippen LogP contribution in [0.3, 0.4) is 0 Å². The average molecular weight is 383 g/mol. The Bertz CT molecular complexity index is 597. The fourth-order valence-corrected chi connectivity index (χ4v) is 6.01. The van der Waals surface area contributed by atoms with Gasteiger partial charge in [-0.15, -0.1) is 0 Å². The topological polar surface area (TPSA) is 44.8 Å². The summed E-state index contributed by atoms with van der Waals surface area (Å²) < 4.78 is 16.8. The fraction of sp³-hybridized carbons (Fsp3) is 0.632. The predicted octanol–water partition coefficient (Wildman–Crippen LogP) is 4.99. The van der Waals surface area contributed by atoms with Crippen LogP contribution in [0.4, 0.5) is 0 Å². The van der Waals surface area contributed by atoms with Crippen molar-refractivity contribution in [3.63, 3.8) is 0 Å². The van der Waals surface area contributed by atoms with Crippen molar-refractivity contribution in [2.24, 2.45) is 0 Å². The van der Waals surface area contributed by atoms with Gasteiger partial charge in [0.1, 0.15) is 0 Å². The van der Waals surface area contributed by atoms with Crippen molar-refractivity contribution in [1.82, 2.24) is 0 Å². The van der Waals surface area contributed by atoms with Crippen molar-refractivity contribution in [3.05, 3.63) is 23.8 Å². The van der Waals surface area contributed by atoms with E-state index in [0.29, 0.717) is 19.4 Å². The first-order valence-corrected chi connectivity index (χ1v) is 11.3. The summed E-state index contributed by atoms with van der Waals surface area (Å²) in [5.74, 6) is 2.11. The number of benzene rings is 1. The Labute approximate surface area is 157 Å². The minimum atomic E-state index is -0.608. The highest BCUT2D eigenvalue weighted by Gasteiger charge is 2.31. The van der Waals surface area contributed by atoms with Crippen molar-refractivity contribution in [3.8, 4) is 11.5 Å². The van der Waals surface area contributed by atoms with Gasteiger partial charge in [-0.3, -0.25) is 4.79 Å². The fourth-order valence-electron chi connectivity index (χ4n) is 2.98. The van der Waals surface area contributed by atoms with Gasteiger partial charge in [0.05, 0.1) is 6.61 Å². The Morgan fingerprint density at radius 1 is 1.28 bits per heavy atom. The summed E-state index contributed by atoms with van der Waals surface area (Å²) in [5, 5.41) is 0.789. The molecule has 138 valence electrons. The van der Waals surface area contributed by atoms with Gasteiger partial charge in [-0.25, -0.2) is 0 Å². The molecule has 0 radical (unpaired) electrons. The van der Waals surface area contributed by atoms with Crippen LogP contribution in [0.15, 0.2) is 18.2 Å². The summed E-state index contributed by atoms with van der Waals surface area (Å²) in [6.45, 7) is 4.19. The van der Waals surface area contributed by atoms with Crippen LogP contribution in [-0.2, 0) is 16.0 Å². The maximum Gasteiger partial charge on any atom is 0.305 e. The summed E-state index contributed by atoms with van der Waals surface area (Å²) in [6, 6.07) is 5.88. The van der Waals surface area contributed by atoms with Gasteiger partial charge in [-0.05, 0) is 37.0 Å². The minimum absolute atomic E-state index is 0.0877. The molecule has 2 aliphatic heterocycles. The van der Waals surface area contributed by atoms with Crippen LogP contribution in [0.5, 0.6) is 11.5 Å². The van der Waals surface area contributed by atoms with E-state index in [9.17, 15) is 4.79 Å². The number of rotatable bonds is 8. The van der Waals surface area contributed by atoms with Crippen molar-refractivity contribution in [1.29, 1.82) is 0 Å². The van der Waals surface area contributed by atoms with E-state index in [0.717, 1.165) is 35.2 Å². The molecule has 1 atom stereocenters.